The van der Waals surface area contributed by atoms with Crippen molar-refractivity contribution in [3.8, 4) is 0 Å². The Morgan fingerprint density at radius 3 is 2.33 bits per heavy atom. The number of halogens is 4. The summed E-state index contributed by atoms with van der Waals surface area (Å²) in [5, 5.41) is 9.45. The second kappa shape index (κ2) is 4.87. The van der Waals surface area contributed by atoms with Crippen LogP contribution in [0.5, 0.6) is 0 Å². The van der Waals surface area contributed by atoms with Gasteiger partial charge in [-0.05, 0) is 17.7 Å². The first-order chi connectivity index (χ1) is 8.38. The largest absolute Gasteiger partial charge is 0.443 e. The Morgan fingerprint density at radius 1 is 1.22 bits per heavy atom. The van der Waals surface area contributed by atoms with Crippen molar-refractivity contribution in [1.82, 2.24) is 4.98 Å². The fraction of sp³-hybridized carbons (Fsp3) is 0.182. The van der Waals surface area contributed by atoms with Gasteiger partial charge in [-0.1, -0.05) is 23.7 Å². The van der Waals surface area contributed by atoms with E-state index in [1.165, 1.54) is 0 Å². The van der Waals surface area contributed by atoms with Crippen molar-refractivity contribution in [1.29, 1.82) is 0 Å². The van der Waals surface area contributed by atoms with E-state index in [9.17, 15) is 18.3 Å². The number of aromatic nitrogens is 1. The van der Waals surface area contributed by atoms with Gasteiger partial charge in [0, 0.05) is 11.2 Å². The van der Waals surface area contributed by atoms with E-state index in [0.717, 1.165) is 6.20 Å². The number of thiazole rings is 1. The zero-order valence-electron chi connectivity index (χ0n) is 8.78. The number of aliphatic hydroxyl groups excluding tert-OH is 1. The molecule has 0 spiro atoms. The molecule has 0 amide bonds. The van der Waals surface area contributed by atoms with Gasteiger partial charge < -0.3 is 5.11 Å². The van der Waals surface area contributed by atoms with E-state index in [2.05, 4.69) is 4.98 Å². The lowest BCUT2D eigenvalue weighted by Crippen LogP contribution is -2.03. The van der Waals surface area contributed by atoms with Crippen LogP contribution in [0.3, 0.4) is 0 Å². The second-order valence-corrected chi connectivity index (χ2v) is 5.02. The Morgan fingerprint density at radius 2 is 1.83 bits per heavy atom. The highest BCUT2D eigenvalue weighted by Crippen LogP contribution is 2.35. The van der Waals surface area contributed by atoms with Crippen molar-refractivity contribution in [2.75, 3.05) is 0 Å². The molecule has 0 radical (unpaired) electrons. The van der Waals surface area contributed by atoms with Gasteiger partial charge in [-0.15, -0.1) is 11.3 Å². The van der Waals surface area contributed by atoms with Crippen LogP contribution in [0.1, 0.15) is 21.6 Å². The SMILES string of the molecule is OC(c1ccc(Cl)cc1)c1cnc(C(F)(F)F)s1. The summed E-state index contributed by atoms with van der Waals surface area (Å²) in [6, 6.07) is 6.23. The smallest absolute Gasteiger partial charge is 0.383 e. The van der Waals surface area contributed by atoms with Crippen LogP contribution in [-0.4, -0.2) is 10.1 Å². The fourth-order valence-electron chi connectivity index (χ4n) is 1.35. The topological polar surface area (TPSA) is 33.1 Å². The van der Waals surface area contributed by atoms with Crippen molar-refractivity contribution < 1.29 is 18.3 Å². The summed E-state index contributed by atoms with van der Waals surface area (Å²) in [5.74, 6) is 0. The summed E-state index contributed by atoms with van der Waals surface area (Å²) in [7, 11) is 0. The van der Waals surface area contributed by atoms with Crippen molar-refractivity contribution in [3.05, 3.63) is 50.9 Å². The fourth-order valence-corrected chi connectivity index (χ4v) is 2.28. The average molecular weight is 294 g/mol. The molecule has 0 fully saturated rings. The van der Waals surface area contributed by atoms with Gasteiger partial charge in [-0.2, -0.15) is 13.2 Å². The molecule has 1 atom stereocenters. The molecular weight excluding hydrogens is 287 g/mol. The number of nitrogens with zero attached hydrogens (tertiary/aromatic N) is 1. The molecule has 18 heavy (non-hydrogen) atoms. The minimum Gasteiger partial charge on any atom is -0.383 e. The molecule has 7 heteroatoms. The van der Waals surface area contributed by atoms with E-state index in [1.807, 2.05) is 0 Å². The van der Waals surface area contributed by atoms with Gasteiger partial charge in [0.25, 0.3) is 0 Å². The third-order valence-electron chi connectivity index (χ3n) is 2.22. The van der Waals surface area contributed by atoms with Crippen molar-refractivity contribution >= 4 is 22.9 Å². The second-order valence-electron chi connectivity index (χ2n) is 3.52. The zero-order valence-corrected chi connectivity index (χ0v) is 10.4. The van der Waals surface area contributed by atoms with Gasteiger partial charge >= 0.3 is 6.18 Å². The van der Waals surface area contributed by atoms with Crippen LogP contribution in [0, 0.1) is 0 Å². The maximum atomic E-state index is 12.4. The van der Waals surface area contributed by atoms with E-state index in [1.54, 1.807) is 24.3 Å². The molecule has 0 aliphatic rings. The molecule has 0 bridgehead atoms. The number of rotatable bonds is 2. The van der Waals surface area contributed by atoms with Crippen molar-refractivity contribution in [2.45, 2.75) is 12.3 Å². The molecule has 2 nitrogen and oxygen atoms in total. The Labute approximate surface area is 110 Å². The Balaban J connectivity index is 2.26. The first-order valence-corrected chi connectivity index (χ1v) is 6.04. The van der Waals surface area contributed by atoms with E-state index in [-0.39, 0.29) is 4.88 Å². The molecule has 1 aromatic carbocycles. The number of aliphatic hydroxyl groups is 1. The summed E-state index contributed by atoms with van der Waals surface area (Å²) < 4.78 is 37.1. The lowest BCUT2D eigenvalue weighted by molar-refractivity contribution is -0.137. The monoisotopic (exact) mass is 293 g/mol. The van der Waals surface area contributed by atoms with Crippen LogP contribution in [0.2, 0.25) is 5.02 Å². The predicted octanol–water partition coefficient (Wildman–Crippen LogP) is 3.90. The third kappa shape index (κ3) is 2.82. The van der Waals surface area contributed by atoms with Gasteiger partial charge in [0.2, 0.25) is 0 Å². The van der Waals surface area contributed by atoms with Crippen molar-refractivity contribution in [3.63, 3.8) is 0 Å². The summed E-state index contributed by atoms with van der Waals surface area (Å²) in [5.41, 5.74) is 0.469. The normalized spacial score (nSPS) is 13.6. The van der Waals surface area contributed by atoms with Crippen molar-refractivity contribution in [2.24, 2.45) is 0 Å². The molecule has 1 heterocycles. The van der Waals surface area contributed by atoms with Crippen LogP contribution < -0.4 is 0 Å². The predicted molar refractivity (Wildman–Crippen MR) is 62.6 cm³/mol. The van der Waals surface area contributed by atoms with Crippen LogP contribution in [0.4, 0.5) is 13.2 Å². The number of alkyl halides is 3. The first-order valence-electron chi connectivity index (χ1n) is 4.84. The van der Waals surface area contributed by atoms with Gasteiger partial charge in [0.15, 0.2) is 5.01 Å². The summed E-state index contributed by atoms with van der Waals surface area (Å²) >= 11 is 6.11. The minimum atomic E-state index is -4.48. The van der Waals surface area contributed by atoms with Gasteiger partial charge in [-0.3, -0.25) is 0 Å². The molecule has 0 saturated carbocycles. The Hall–Kier alpha value is -1.11. The maximum Gasteiger partial charge on any atom is 0.443 e. The maximum absolute atomic E-state index is 12.4. The Kier molecular flexibility index (Phi) is 3.61. The van der Waals surface area contributed by atoms with Crippen LogP contribution in [-0.2, 0) is 6.18 Å². The van der Waals surface area contributed by atoms with Crippen LogP contribution in [0.15, 0.2) is 30.5 Å². The molecule has 2 aromatic rings. The van der Waals surface area contributed by atoms with Gasteiger partial charge in [-0.25, -0.2) is 4.98 Å². The minimum absolute atomic E-state index is 0.143. The Bertz CT molecular complexity index is 538. The average Bonchev–Trinajstić information content (AvgIpc) is 2.78. The lowest BCUT2D eigenvalue weighted by atomic mass is 10.1. The van der Waals surface area contributed by atoms with Gasteiger partial charge in [0.1, 0.15) is 6.10 Å². The number of benzene rings is 1. The first kappa shape index (κ1) is 13.3. The quantitative estimate of drug-likeness (QED) is 0.911. The summed E-state index contributed by atoms with van der Waals surface area (Å²) in [4.78, 5) is 3.40. The van der Waals surface area contributed by atoms with Crippen LogP contribution >= 0.6 is 22.9 Å². The zero-order chi connectivity index (χ0) is 13.3. The highest BCUT2D eigenvalue weighted by molar-refractivity contribution is 7.11. The number of hydrogen-bond donors (Lipinski definition) is 1. The van der Waals surface area contributed by atoms with E-state index >= 15 is 0 Å². The van der Waals surface area contributed by atoms with Crippen LogP contribution in [0.25, 0.3) is 0 Å². The highest BCUT2D eigenvalue weighted by Gasteiger charge is 2.35. The third-order valence-corrected chi connectivity index (χ3v) is 3.57. The molecular formula is C11H7ClF3NOS. The van der Waals surface area contributed by atoms with E-state index in [0.29, 0.717) is 21.9 Å². The number of hydrogen-bond acceptors (Lipinski definition) is 3. The lowest BCUT2D eigenvalue weighted by Gasteiger charge is -2.08. The molecule has 1 aromatic heterocycles. The summed E-state index contributed by atoms with van der Waals surface area (Å²) in [6.45, 7) is 0. The molecule has 0 saturated heterocycles. The van der Waals surface area contributed by atoms with E-state index in [4.69, 9.17) is 11.6 Å². The standard InChI is InChI=1S/C11H7ClF3NOS/c12-7-3-1-6(2-4-7)9(17)8-5-16-10(18-8)11(13,14)15/h1-5,9,17H. The molecule has 2 rings (SSSR count). The molecule has 96 valence electrons. The van der Waals surface area contributed by atoms with E-state index < -0.39 is 17.3 Å². The van der Waals surface area contributed by atoms with Gasteiger partial charge in [0.05, 0.1) is 4.88 Å². The highest BCUT2D eigenvalue weighted by atomic mass is 35.5. The molecule has 1 N–H and O–H groups in total. The molecule has 0 aliphatic heterocycles. The summed E-state index contributed by atoms with van der Waals surface area (Å²) in [6.07, 6.45) is -4.58. The molecule has 1 unspecified atom stereocenters. The molecule has 0 aliphatic carbocycles.